The zero-order valence-corrected chi connectivity index (χ0v) is 13.8. The lowest BCUT2D eigenvalue weighted by Crippen LogP contribution is -2.47. The highest BCUT2D eigenvalue weighted by molar-refractivity contribution is 7.07. The van der Waals surface area contributed by atoms with E-state index in [1.54, 1.807) is 11.3 Å². The Morgan fingerprint density at radius 3 is 3.00 bits per heavy atom. The maximum atomic E-state index is 12.8. The Morgan fingerprint density at radius 2 is 2.26 bits per heavy atom. The number of hydrogen-bond donors (Lipinski definition) is 0. The van der Waals surface area contributed by atoms with Crippen LogP contribution in [0.25, 0.3) is 0 Å². The van der Waals surface area contributed by atoms with E-state index in [9.17, 15) is 4.79 Å². The number of rotatable bonds is 4. The summed E-state index contributed by atoms with van der Waals surface area (Å²) in [4.78, 5) is 25.7. The number of amides is 1. The zero-order chi connectivity index (χ0) is 15.8. The summed E-state index contributed by atoms with van der Waals surface area (Å²) in [7, 11) is 0. The highest BCUT2D eigenvalue weighted by Crippen LogP contribution is 2.30. The molecule has 0 aromatic carbocycles. The molecule has 3 saturated heterocycles. The van der Waals surface area contributed by atoms with Crippen LogP contribution >= 0.6 is 11.3 Å². The van der Waals surface area contributed by atoms with Gasteiger partial charge in [0.15, 0.2) is 5.82 Å². The number of thiazole rings is 1. The normalized spacial score (nSPS) is 25.1. The van der Waals surface area contributed by atoms with Gasteiger partial charge in [0.2, 0.25) is 11.8 Å². The molecular formula is C15H19N5O2S. The molecule has 3 aliphatic heterocycles. The summed E-state index contributed by atoms with van der Waals surface area (Å²) in [5.74, 6) is 1.61. The molecule has 2 aromatic heterocycles. The Labute approximate surface area is 138 Å². The molecule has 122 valence electrons. The second kappa shape index (κ2) is 6.01. The van der Waals surface area contributed by atoms with Crippen LogP contribution in [0.15, 0.2) is 15.4 Å². The molecule has 7 nitrogen and oxygen atoms in total. The molecule has 23 heavy (non-hydrogen) atoms. The van der Waals surface area contributed by atoms with Crippen molar-refractivity contribution in [3.8, 4) is 0 Å². The van der Waals surface area contributed by atoms with Gasteiger partial charge in [0.1, 0.15) is 0 Å². The Bertz CT molecular complexity index is 686. The minimum atomic E-state index is 0.0661. The third kappa shape index (κ3) is 3.00. The first-order valence-electron chi connectivity index (χ1n) is 7.88. The SMILES string of the molecule is Cc1noc(CN2CC3CCC(C2)N(Cc2cscn2)C3=O)n1. The van der Waals surface area contributed by atoms with E-state index in [4.69, 9.17) is 4.52 Å². The maximum absolute atomic E-state index is 12.8. The van der Waals surface area contributed by atoms with Crippen molar-refractivity contribution in [2.75, 3.05) is 13.1 Å². The van der Waals surface area contributed by atoms with Gasteiger partial charge in [-0.1, -0.05) is 5.16 Å². The van der Waals surface area contributed by atoms with Gasteiger partial charge in [-0.25, -0.2) is 4.98 Å². The number of carbonyl (C=O) groups is 1. The second-order valence-corrected chi connectivity index (χ2v) is 7.02. The predicted molar refractivity (Wildman–Crippen MR) is 83.5 cm³/mol. The molecule has 0 aliphatic carbocycles. The van der Waals surface area contributed by atoms with Gasteiger partial charge < -0.3 is 9.42 Å². The number of hydrogen-bond acceptors (Lipinski definition) is 7. The van der Waals surface area contributed by atoms with Gasteiger partial charge in [-0.05, 0) is 19.8 Å². The van der Waals surface area contributed by atoms with Gasteiger partial charge in [0.25, 0.3) is 0 Å². The summed E-state index contributed by atoms with van der Waals surface area (Å²) in [6.45, 7) is 4.68. The number of aromatic nitrogens is 3. The smallest absolute Gasteiger partial charge is 0.240 e. The molecule has 3 aliphatic rings. The van der Waals surface area contributed by atoms with Crippen molar-refractivity contribution >= 4 is 17.2 Å². The van der Waals surface area contributed by atoms with Gasteiger partial charge in [-0.3, -0.25) is 9.69 Å². The summed E-state index contributed by atoms with van der Waals surface area (Å²) < 4.78 is 5.23. The fourth-order valence-electron chi connectivity index (χ4n) is 3.55. The maximum Gasteiger partial charge on any atom is 0.240 e. The van der Waals surface area contributed by atoms with Gasteiger partial charge in [0.05, 0.1) is 30.2 Å². The molecule has 1 amide bonds. The summed E-state index contributed by atoms with van der Waals surface area (Å²) in [5, 5.41) is 5.86. The molecule has 2 unspecified atom stereocenters. The highest BCUT2D eigenvalue weighted by atomic mass is 32.1. The molecule has 2 bridgehead atoms. The fourth-order valence-corrected chi connectivity index (χ4v) is 4.10. The first-order valence-corrected chi connectivity index (χ1v) is 8.82. The second-order valence-electron chi connectivity index (χ2n) is 6.30. The van der Waals surface area contributed by atoms with Gasteiger partial charge in [-0.2, -0.15) is 4.98 Å². The standard InChI is InChI=1S/C15H19N5O2S/c1-10-17-14(22-18-10)7-19-4-11-2-3-13(6-19)20(15(11)21)5-12-8-23-9-16-12/h8-9,11,13H,2-7H2,1H3. The van der Waals surface area contributed by atoms with E-state index >= 15 is 0 Å². The molecule has 0 radical (unpaired) electrons. The van der Waals surface area contributed by atoms with Crippen molar-refractivity contribution in [2.45, 2.75) is 38.9 Å². The van der Waals surface area contributed by atoms with Crippen molar-refractivity contribution in [2.24, 2.45) is 5.92 Å². The van der Waals surface area contributed by atoms with Crippen LogP contribution < -0.4 is 0 Å². The van der Waals surface area contributed by atoms with Crippen molar-refractivity contribution in [1.82, 2.24) is 24.9 Å². The van der Waals surface area contributed by atoms with Crippen LogP contribution in [0.5, 0.6) is 0 Å². The lowest BCUT2D eigenvalue weighted by Gasteiger charge is -2.35. The molecule has 2 atom stereocenters. The largest absolute Gasteiger partial charge is 0.338 e. The van der Waals surface area contributed by atoms with Crippen LogP contribution in [0.4, 0.5) is 0 Å². The molecule has 2 aromatic rings. The third-order valence-electron chi connectivity index (χ3n) is 4.61. The van der Waals surface area contributed by atoms with Crippen molar-refractivity contribution in [3.05, 3.63) is 28.3 Å². The minimum absolute atomic E-state index is 0.0661. The quantitative estimate of drug-likeness (QED) is 0.843. The Kier molecular flexibility index (Phi) is 3.86. The number of fused-ring (bicyclic) bond motifs is 4. The molecule has 0 saturated carbocycles. The molecule has 3 fully saturated rings. The average Bonchev–Trinajstić information content (AvgIpc) is 3.10. The zero-order valence-electron chi connectivity index (χ0n) is 13.0. The highest BCUT2D eigenvalue weighted by Gasteiger charge is 2.40. The van der Waals surface area contributed by atoms with E-state index in [1.165, 1.54) is 0 Å². The first-order chi connectivity index (χ1) is 11.2. The van der Waals surface area contributed by atoms with E-state index in [0.717, 1.165) is 31.6 Å². The van der Waals surface area contributed by atoms with Gasteiger partial charge in [-0.15, -0.1) is 11.3 Å². The van der Waals surface area contributed by atoms with Crippen LogP contribution in [0, 0.1) is 12.8 Å². The van der Waals surface area contributed by atoms with E-state index in [-0.39, 0.29) is 17.9 Å². The summed E-state index contributed by atoms with van der Waals surface area (Å²) in [6, 6.07) is 0.243. The molecule has 5 rings (SSSR count). The molecule has 5 heterocycles. The van der Waals surface area contributed by atoms with Crippen molar-refractivity contribution in [1.29, 1.82) is 0 Å². The summed E-state index contributed by atoms with van der Waals surface area (Å²) in [5.41, 5.74) is 2.80. The van der Waals surface area contributed by atoms with Crippen LogP contribution in [0.2, 0.25) is 0 Å². The van der Waals surface area contributed by atoms with E-state index in [2.05, 4.69) is 20.0 Å². The third-order valence-corrected chi connectivity index (χ3v) is 5.25. The summed E-state index contributed by atoms with van der Waals surface area (Å²) in [6.07, 6.45) is 2.02. The molecular weight excluding hydrogens is 314 g/mol. The van der Waals surface area contributed by atoms with Crippen molar-refractivity contribution < 1.29 is 9.32 Å². The Hall–Kier alpha value is -1.80. The Morgan fingerprint density at radius 1 is 1.35 bits per heavy atom. The average molecular weight is 333 g/mol. The van der Waals surface area contributed by atoms with E-state index in [1.807, 2.05) is 22.7 Å². The van der Waals surface area contributed by atoms with Crippen LogP contribution in [0.1, 0.15) is 30.3 Å². The fraction of sp³-hybridized carbons (Fsp3) is 0.600. The van der Waals surface area contributed by atoms with Crippen LogP contribution in [-0.4, -0.2) is 50.0 Å². The number of aryl methyl sites for hydroxylation is 1. The van der Waals surface area contributed by atoms with E-state index in [0.29, 0.717) is 24.8 Å². The van der Waals surface area contributed by atoms with Gasteiger partial charge >= 0.3 is 0 Å². The van der Waals surface area contributed by atoms with Crippen molar-refractivity contribution in [3.63, 3.8) is 0 Å². The number of carbonyl (C=O) groups excluding carboxylic acids is 1. The van der Waals surface area contributed by atoms with E-state index < -0.39 is 0 Å². The van der Waals surface area contributed by atoms with Gasteiger partial charge in [0, 0.05) is 24.5 Å². The molecule has 0 spiro atoms. The molecule has 0 N–H and O–H groups in total. The first kappa shape index (κ1) is 14.8. The monoisotopic (exact) mass is 333 g/mol. The minimum Gasteiger partial charge on any atom is -0.338 e. The topological polar surface area (TPSA) is 75.4 Å². The Balaban J connectivity index is 1.50. The lowest BCUT2D eigenvalue weighted by atomic mass is 9.94. The number of piperidine rings is 1. The van der Waals surface area contributed by atoms with Crippen LogP contribution in [-0.2, 0) is 17.9 Å². The summed E-state index contributed by atoms with van der Waals surface area (Å²) >= 11 is 1.57. The van der Waals surface area contributed by atoms with Crippen LogP contribution in [0.3, 0.4) is 0 Å². The molecule has 8 heteroatoms. The predicted octanol–water partition coefficient (Wildman–Crippen LogP) is 1.46. The lowest BCUT2D eigenvalue weighted by molar-refractivity contribution is -0.140. The number of nitrogens with zero attached hydrogens (tertiary/aromatic N) is 5.